The first kappa shape index (κ1) is 21.4. The molecule has 0 aliphatic heterocycles. The number of methoxy groups -OCH3 is 1. The van der Waals surface area contributed by atoms with Gasteiger partial charge in [-0.2, -0.15) is 0 Å². The first-order chi connectivity index (χ1) is 15.0. The van der Waals surface area contributed by atoms with Crippen molar-refractivity contribution in [1.82, 2.24) is 15.0 Å². The molecule has 2 heterocycles. The van der Waals surface area contributed by atoms with Gasteiger partial charge in [0.25, 0.3) is 5.65 Å². The summed E-state index contributed by atoms with van der Waals surface area (Å²) in [5, 5.41) is 13.1. The van der Waals surface area contributed by atoms with Gasteiger partial charge in [0.15, 0.2) is 22.8 Å². The summed E-state index contributed by atoms with van der Waals surface area (Å²) in [6.07, 6.45) is 3.85. The minimum Gasteiger partial charge on any atom is -0.493 e. The molecule has 2 aromatic heterocycles. The van der Waals surface area contributed by atoms with Gasteiger partial charge in [-0.25, -0.2) is 4.57 Å². The lowest BCUT2D eigenvalue weighted by molar-refractivity contribution is -0.667. The Hall–Kier alpha value is -2.87. The number of rotatable bonds is 8. The molecule has 166 valence electrons. The third kappa shape index (κ3) is 4.58. The smallest absolute Gasteiger partial charge is 0.294 e. The zero-order valence-electron chi connectivity index (χ0n) is 18.7. The van der Waals surface area contributed by atoms with Crippen molar-refractivity contribution in [3.05, 3.63) is 35.9 Å². The van der Waals surface area contributed by atoms with Gasteiger partial charge in [0, 0.05) is 18.9 Å². The molecule has 1 saturated carbocycles. The first-order valence-corrected chi connectivity index (χ1v) is 11.0. The van der Waals surface area contributed by atoms with Gasteiger partial charge in [0.2, 0.25) is 12.1 Å². The molecule has 0 radical (unpaired) electrons. The molecular formula is C23H32N5O3+. The Labute approximate surface area is 182 Å². The number of benzene rings is 1. The van der Waals surface area contributed by atoms with Gasteiger partial charge in [-0.05, 0) is 37.5 Å². The van der Waals surface area contributed by atoms with E-state index in [-0.39, 0.29) is 18.1 Å². The fourth-order valence-electron chi connectivity index (χ4n) is 4.00. The predicted molar refractivity (Wildman–Crippen MR) is 119 cm³/mol. The topological polar surface area (TPSA) is 96.2 Å². The minimum absolute atomic E-state index is 0.0134. The molecular weight excluding hydrogens is 394 g/mol. The summed E-state index contributed by atoms with van der Waals surface area (Å²) in [7, 11) is 1.64. The van der Waals surface area contributed by atoms with Crippen LogP contribution in [-0.4, -0.2) is 45.9 Å². The van der Waals surface area contributed by atoms with Crippen LogP contribution >= 0.6 is 0 Å². The summed E-state index contributed by atoms with van der Waals surface area (Å²) in [6, 6.07) is 5.97. The summed E-state index contributed by atoms with van der Waals surface area (Å²) in [5.74, 6) is 3.44. The molecule has 3 aromatic rings. The fraction of sp³-hybridized carbons (Fsp3) is 0.522. The molecule has 4 rings (SSSR count). The van der Waals surface area contributed by atoms with E-state index in [0.717, 1.165) is 47.8 Å². The second kappa shape index (κ2) is 9.09. The molecule has 3 N–H and O–H groups in total. The molecule has 1 aliphatic rings. The average Bonchev–Trinajstić information content (AvgIpc) is 3.37. The normalized spacial score (nSPS) is 18.6. The molecule has 1 aromatic carbocycles. The number of nitrogens with one attached hydrogen (secondary N) is 2. The van der Waals surface area contributed by atoms with E-state index in [1.54, 1.807) is 7.11 Å². The number of aliphatic hydroxyl groups excluding tert-OH is 1. The highest BCUT2D eigenvalue weighted by Crippen LogP contribution is 2.32. The Kier molecular flexibility index (Phi) is 6.27. The van der Waals surface area contributed by atoms with Gasteiger partial charge in [-0.15, -0.1) is 0 Å². The van der Waals surface area contributed by atoms with E-state index in [9.17, 15) is 5.11 Å². The molecule has 0 saturated heterocycles. The third-order valence-electron chi connectivity index (χ3n) is 5.66. The average molecular weight is 427 g/mol. The van der Waals surface area contributed by atoms with Crippen LogP contribution < -0.4 is 19.4 Å². The van der Waals surface area contributed by atoms with Crippen molar-refractivity contribution < 1.29 is 19.1 Å². The van der Waals surface area contributed by atoms with E-state index in [1.807, 2.05) is 29.1 Å². The highest BCUT2D eigenvalue weighted by molar-refractivity contribution is 5.80. The van der Waals surface area contributed by atoms with E-state index in [2.05, 4.69) is 36.1 Å². The molecule has 0 amide bonds. The van der Waals surface area contributed by atoms with Crippen molar-refractivity contribution in [2.45, 2.75) is 64.7 Å². The van der Waals surface area contributed by atoms with E-state index in [1.165, 1.54) is 0 Å². The second-order valence-corrected chi connectivity index (χ2v) is 8.42. The van der Waals surface area contributed by atoms with Gasteiger partial charge in [0.05, 0.1) is 19.8 Å². The van der Waals surface area contributed by atoms with Gasteiger partial charge in [0.1, 0.15) is 6.10 Å². The maximum absolute atomic E-state index is 9.82. The van der Waals surface area contributed by atoms with E-state index >= 15 is 0 Å². The van der Waals surface area contributed by atoms with Gasteiger partial charge in [-0.1, -0.05) is 29.9 Å². The standard InChI is InChI=1S/C23H31N5O3/c1-5-24-22-20-23(27-21(26-20)14(2)3)28(13-25-22)12-15-6-9-18(30-4)19(10-15)31-17-8-7-16(29)11-17/h6,9-10,13-14,16-17,29H,5,7-8,11-12H2,1-4H3,(H,24,26,27)/p+1. The van der Waals surface area contributed by atoms with Crippen LogP contribution in [0.5, 0.6) is 11.5 Å². The third-order valence-corrected chi connectivity index (χ3v) is 5.66. The summed E-state index contributed by atoms with van der Waals surface area (Å²) >= 11 is 0. The lowest BCUT2D eigenvalue weighted by atomic mass is 10.2. The maximum atomic E-state index is 9.82. The lowest BCUT2D eigenvalue weighted by Gasteiger charge is -2.17. The zero-order chi connectivity index (χ0) is 22.0. The summed E-state index contributed by atoms with van der Waals surface area (Å²) in [5.41, 5.74) is 2.84. The van der Waals surface area contributed by atoms with Crippen molar-refractivity contribution in [2.75, 3.05) is 19.0 Å². The first-order valence-electron chi connectivity index (χ1n) is 11.0. The number of hydrogen-bond acceptors (Lipinski definition) is 6. The maximum Gasteiger partial charge on any atom is 0.294 e. The van der Waals surface area contributed by atoms with Crippen LogP contribution in [-0.2, 0) is 6.54 Å². The number of aliphatic hydroxyl groups is 1. The van der Waals surface area contributed by atoms with E-state index < -0.39 is 0 Å². The van der Waals surface area contributed by atoms with Gasteiger partial charge >= 0.3 is 0 Å². The second-order valence-electron chi connectivity index (χ2n) is 8.42. The number of fused-ring (bicyclic) bond motifs is 1. The molecule has 0 bridgehead atoms. The van der Waals surface area contributed by atoms with Crippen LogP contribution in [0.3, 0.4) is 0 Å². The van der Waals surface area contributed by atoms with Crippen molar-refractivity contribution in [3.8, 4) is 11.5 Å². The molecule has 1 aliphatic carbocycles. The number of hydrogen-bond donors (Lipinski definition) is 3. The molecule has 0 spiro atoms. The summed E-state index contributed by atoms with van der Waals surface area (Å²) in [6.45, 7) is 7.69. The number of nitrogens with zero attached hydrogens (tertiary/aromatic N) is 3. The quantitative estimate of drug-likeness (QED) is 0.479. The number of aromatic nitrogens is 4. The monoisotopic (exact) mass is 426 g/mol. The van der Waals surface area contributed by atoms with Crippen molar-refractivity contribution in [1.29, 1.82) is 0 Å². The van der Waals surface area contributed by atoms with Crippen LogP contribution in [0.4, 0.5) is 5.82 Å². The van der Waals surface area contributed by atoms with Gasteiger partial charge < -0.3 is 24.9 Å². The van der Waals surface area contributed by atoms with Crippen LogP contribution in [0.1, 0.15) is 57.3 Å². The molecule has 1 fully saturated rings. The molecule has 8 heteroatoms. The highest BCUT2D eigenvalue weighted by atomic mass is 16.5. The van der Waals surface area contributed by atoms with Crippen LogP contribution in [0.25, 0.3) is 11.2 Å². The van der Waals surface area contributed by atoms with Crippen LogP contribution in [0.15, 0.2) is 24.5 Å². The molecule has 2 atom stereocenters. The van der Waals surface area contributed by atoms with Crippen molar-refractivity contribution in [3.63, 3.8) is 0 Å². The van der Waals surface area contributed by atoms with Crippen LogP contribution in [0.2, 0.25) is 0 Å². The minimum atomic E-state index is -0.279. The highest BCUT2D eigenvalue weighted by Gasteiger charge is 2.26. The number of H-pyrrole nitrogens is 1. The van der Waals surface area contributed by atoms with E-state index in [4.69, 9.17) is 14.5 Å². The Bertz CT molecular complexity index is 1050. The number of imidazole rings is 1. The Morgan fingerprint density at radius 2 is 2.13 bits per heavy atom. The van der Waals surface area contributed by atoms with E-state index in [0.29, 0.717) is 24.5 Å². The van der Waals surface area contributed by atoms with Gasteiger partial charge in [-0.3, -0.25) is 0 Å². The fourth-order valence-corrected chi connectivity index (χ4v) is 4.00. The number of aromatic amines is 1. The Morgan fingerprint density at radius 3 is 2.81 bits per heavy atom. The largest absolute Gasteiger partial charge is 0.493 e. The molecule has 31 heavy (non-hydrogen) atoms. The zero-order valence-corrected chi connectivity index (χ0v) is 18.7. The predicted octanol–water partition coefficient (Wildman–Crippen LogP) is 3.15. The summed E-state index contributed by atoms with van der Waals surface area (Å²) in [4.78, 5) is 12.9. The summed E-state index contributed by atoms with van der Waals surface area (Å²) < 4.78 is 13.7. The molecule has 2 unspecified atom stereocenters. The molecule has 8 nitrogen and oxygen atoms in total. The van der Waals surface area contributed by atoms with Crippen LogP contribution in [0, 0.1) is 0 Å². The lowest BCUT2D eigenvalue weighted by Crippen LogP contribution is -2.36. The SMILES string of the molecule is CCNc1nc[n+](Cc2ccc(OC)c(OC3CCC(O)C3)c2)c2nc(C(C)C)[nH]c12. The Balaban J connectivity index is 1.65. The Morgan fingerprint density at radius 1 is 1.29 bits per heavy atom. The van der Waals surface area contributed by atoms with Crippen molar-refractivity contribution >= 4 is 17.0 Å². The number of anilines is 1. The van der Waals surface area contributed by atoms with Crippen molar-refractivity contribution in [2.24, 2.45) is 0 Å². The number of ether oxygens (including phenoxy) is 2.